The first-order chi connectivity index (χ1) is 12.6. The summed E-state index contributed by atoms with van der Waals surface area (Å²) in [7, 11) is 1.65. The van der Waals surface area contributed by atoms with Crippen LogP contribution in [-0.2, 0) is 16.1 Å². The SMILES string of the molecule is C=Nc1c(/C(N)=N\C)c2cc(C3CCCC3)ccc2n1CC(=O)OCC. The molecule has 6 heteroatoms. The molecule has 1 fully saturated rings. The van der Waals surface area contributed by atoms with Crippen LogP contribution in [0.3, 0.4) is 0 Å². The third-order valence-corrected chi connectivity index (χ3v) is 5.13. The highest BCUT2D eigenvalue weighted by atomic mass is 16.5. The number of carbonyl (C=O) groups excluding carboxylic acids is 1. The summed E-state index contributed by atoms with van der Waals surface area (Å²) < 4.78 is 6.92. The predicted molar refractivity (Wildman–Crippen MR) is 106 cm³/mol. The minimum absolute atomic E-state index is 0.0679. The highest BCUT2D eigenvalue weighted by Gasteiger charge is 2.23. The average molecular weight is 354 g/mol. The molecule has 1 aromatic carbocycles. The lowest BCUT2D eigenvalue weighted by Crippen LogP contribution is -2.15. The summed E-state index contributed by atoms with van der Waals surface area (Å²) in [6.07, 6.45) is 4.98. The molecule has 26 heavy (non-hydrogen) atoms. The number of nitrogens with zero attached hydrogens (tertiary/aromatic N) is 3. The number of ether oxygens (including phenoxy) is 1. The molecule has 0 amide bonds. The van der Waals surface area contributed by atoms with Crippen LogP contribution >= 0.6 is 0 Å². The Morgan fingerprint density at radius 3 is 2.73 bits per heavy atom. The van der Waals surface area contributed by atoms with Crippen LogP contribution in [0.4, 0.5) is 5.82 Å². The zero-order valence-corrected chi connectivity index (χ0v) is 15.5. The average Bonchev–Trinajstić information content (AvgIpc) is 3.27. The van der Waals surface area contributed by atoms with E-state index in [-0.39, 0.29) is 12.5 Å². The van der Waals surface area contributed by atoms with Gasteiger partial charge < -0.3 is 15.0 Å². The number of esters is 1. The highest BCUT2D eigenvalue weighted by molar-refractivity contribution is 6.13. The molecule has 1 aromatic heterocycles. The standard InChI is InChI=1S/C20H26N4O2/c1-4-26-17(25)12-24-16-10-9-14(13-7-5-6-8-13)11-15(16)18(19(21)22-2)20(24)23-3/h9-11,13H,3-8,12H2,1-2H3,(H2,21,22). The zero-order valence-electron chi connectivity index (χ0n) is 15.5. The van der Waals surface area contributed by atoms with Crippen LogP contribution < -0.4 is 5.73 Å². The topological polar surface area (TPSA) is 82.0 Å². The molecule has 0 bridgehead atoms. The van der Waals surface area contributed by atoms with E-state index in [4.69, 9.17) is 10.5 Å². The van der Waals surface area contributed by atoms with Gasteiger partial charge in [0, 0.05) is 12.4 Å². The van der Waals surface area contributed by atoms with Crippen LogP contribution in [0.2, 0.25) is 0 Å². The monoisotopic (exact) mass is 354 g/mol. The Kier molecular flexibility index (Phi) is 5.40. The maximum Gasteiger partial charge on any atom is 0.326 e. The molecule has 1 aliphatic rings. The van der Waals surface area contributed by atoms with E-state index in [0.717, 1.165) is 16.5 Å². The van der Waals surface area contributed by atoms with Gasteiger partial charge in [0.25, 0.3) is 0 Å². The summed E-state index contributed by atoms with van der Waals surface area (Å²) in [5, 5.41) is 0.962. The number of hydrogen-bond acceptors (Lipinski definition) is 4. The molecule has 0 spiro atoms. The van der Waals surface area contributed by atoms with Crippen molar-refractivity contribution in [3.05, 3.63) is 29.3 Å². The predicted octanol–water partition coefficient (Wildman–Crippen LogP) is 3.53. The third-order valence-electron chi connectivity index (χ3n) is 5.13. The normalized spacial score (nSPS) is 15.5. The van der Waals surface area contributed by atoms with Crippen LogP contribution in [0.25, 0.3) is 10.9 Å². The van der Waals surface area contributed by atoms with E-state index in [1.165, 1.54) is 31.2 Å². The Labute approximate surface area is 153 Å². The molecule has 138 valence electrons. The molecule has 1 saturated carbocycles. The Balaban J connectivity index is 2.19. The van der Waals surface area contributed by atoms with Gasteiger partial charge in [0.2, 0.25) is 0 Å². The van der Waals surface area contributed by atoms with E-state index in [0.29, 0.717) is 24.2 Å². The number of benzene rings is 1. The van der Waals surface area contributed by atoms with Crippen molar-refractivity contribution in [1.29, 1.82) is 0 Å². The molecule has 2 N–H and O–H groups in total. The fraction of sp³-hybridized carbons (Fsp3) is 0.450. The van der Waals surface area contributed by atoms with Crippen molar-refractivity contribution in [2.24, 2.45) is 15.7 Å². The minimum Gasteiger partial charge on any atom is -0.465 e. The first-order valence-corrected chi connectivity index (χ1v) is 9.11. The van der Waals surface area contributed by atoms with Crippen LogP contribution in [-0.4, -0.2) is 36.7 Å². The second-order valence-electron chi connectivity index (χ2n) is 6.61. The van der Waals surface area contributed by atoms with Crippen LogP contribution in [0, 0.1) is 0 Å². The van der Waals surface area contributed by atoms with Gasteiger partial charge in [-0.25, -0.2) is 4.99 Å². The van der Waals surface area contributed by atoms with Crippen molar-refractivity contribution in [3.63, 3.8) is 0 Å². The number of aromatic nitrogens is 1. The molecule has 6 nitrogen and oxygen atoms in total. The molecule has 1 aliphatic carbocycles. The second-order valence-corrected chi connectivity index (χ2v) is 6.61. The van der Waals surface area contributed by atoms with E-state index in [9.17, 15) is 4.79 Å². The first kappa shape index (κ1) is 18.2. The van der Waals surface area contributed by atoms with Crippen molar-refractivity contribution in [2.75, 3.05) is 13.7 Å². The Hall–Kier alpha value is -2.63. The maximum absolute atomic E-state index is 12.1. The molecular weight excluding hydrogens is 328 g/mol. The quantitative estimate of drug-likeness (QED) is 0.489. The van der Waals surface area contributed by atoms with Gasteiger partial charge in [-0.05, 0) is 50.1 Å². The number of nitrogens with two attached hydrogens (primary N) is 1. The molecule has 1 heterocycles. The molecule has 3 rings (SSSR count). The number of amidine groups is 1. The molecule has 0 atom stereocenters. The number of hydrogen-bond donors (Lipinski definition) is 1. The van der Waals surface area contributed by atoms with Gasteiger partial charge in [-0.1, -0.05) is 18.9 Å². The maximum atomic E-state index is 12.1. The molecular formula is C20H26N4O2. The number of rotatable bonds is 6. The molecule has 2 aromatic rings. The Morgan fingerprint density at radius 1 is 1.38 bits per heavy atom. The van der Waals surface area contributed by atoms with Crippen molar-refractivity contribution >= 4 is 35.2 Å². The van der Waals surface area contributed by atoms with Crippen molar-refractivity contribution in [2.45, 2.75) is 45.1 Å². The minimum atomic E-state index is -0.312. The summed E-state index contributed by atoms with van der Waals surface area (Å²) >= 11 is 0. The summed E-state index contributed by atoms with van der Waals surface area (Å²) in [5.41, 5.74) is 9.12. The van der Waals surface area contributed by atoms with Gasteiger partial charge in [0.1, 0.15) is 18.2 Å². The first-order valence-electron chi connectivity index (χ1n) is 9.11. The van der Waals surface area contributed by atoms with E-state index in [1.54, 1.807) is 14.0 Å². The number of carbonyl (C=O) groups is 1. The summed E-state index contributed by atoms with van der Waals surface area (Å²) in [5.74, 6) is 1.22. The molecule has 0 saturated heterocycles. The Morgan fingerprint density at radius 2 is 2.12 bits per heavy atom. The van der Waals surface area contributed by atoms with Gasteiger partial charge in [0.05, 0.1) is 17.7 Å². The summed E-state index contributed by atoms with van der Waals surface area (Å²) in [6.45, 7) is 5.88. The summed E-state index contributed by atoms with van der Waals surface area (Å²) in [6, 6.07) is 6.37. The largest absolute Gasteiger partial charge is 0.465 e. The van der Waals surface area contributed by atoms with Crippen molar-refractivity contribution in [3.8, 4) is 0 Å². The fourth-order valence-corrected chi connectivity index (χ4v) is 3.90. The van der Waals surface area contributed by atoms with Gasteiger partial charge in [-0.2, -0.15) is 0 Å². The summed E-state index contributed by atoms with van der Waals surface area (Å²) in [4.78, 5) is 20.4. The lowest BCUT2D eigenvalue weighted by molar-refractivity contribution is -0.143. The van der Waals surface area contributed by atoms with E-state index in [1.807, 2.05) is 10.6 Å². The van der Waals surface area contributed by atoms with Crippen molar-refractivity contribution in [1.82, 2.24) is 4.57 Å². The zero-order chi connectivity index (χ0) is 18.7. The fourth-order valence-electron chi connectivity index (χ4n) is 3.90. The molecule has 0 aliphatic heterocycles. The third kappa shape index (κ3) is 3.23. The number of fused-ring (bicyclic) bond motifs is 1. The van der Waals surface area contributed by atoms with Gasteiger partial charge in [-0.15, -0.1) is 0 Å². The van der Waals surface area contributed by atoms with Gasteiger partial charge >= 0.3 is 5.97 Å². The van der Waals surface area contributed by atoms with E-state index >= 15 is 0 Å². The van der Waals surface area contributed by atoms with Gasteiger partial charge in [0.15, 0.2) is 0 Å². The molecule has 0 radical (unpaired) electrons. The Bertz CT molecular complexity index is 860. The van der Waals surface area contributed by atoms with Gasteiger partial charge in [-0.3, -0.25) is 9.79 Å². The molecule has 0 unspecified atom stereocenters. The second kappa shape index (κ2) is 7.72. The smallest absolute Gasteiger partial charge is 0.326 e. The van der Waals surface area contributed by atoms with Crippen LogP contribution in [0.5, 0.6) is 0 Å². The highest BCUT2D eigenvalue weighted by Crippen LogP contribution is 2.38. The van der Waals surface area contributed by atoms with Crippen LogP contribution in [0.1, 0.15) is 49.7 Å². The lowest BCUT2D eigenvalue weighted by Gasteiger charge is -2.11. The van der Waals surface area contributed by atoms with E-state index < -0.39 is 0 Å². The number of aliphatic imine (C=N–C) groups is 2. The van der Waals surface area contributed by atoms with Crippen molar-refractivity contribution < 1.29 is 9.53 Å². The van der Waals surface area contributed by atoms with Crippen LogP contribution in [0.15, 0.2) is 28.2 Å². The lowest BCUT2D eigenvalue weighted by atomic mass is 9.95. The van der Waals surface area contributed by atoms with E-state index in [2.05, 4.69) is 28.8 Å².